The topological polar surface area (TPSA) is 84.5 Å². The number of benzene rings is 1. The van der Waals surface area contributed by atoms with Crippen molar-refractivity contribution in [1.82, 2.24) is 10.6 Å². The fraction of sp³-hybridized carbons (Fsp3) is 0.471. The number of hydrogen-bond donors (Lipinski definition) is 2. The number of amides is 3. The number of rotatable bonds is 6. The molecule has 0 unspecified atom stereocenters. The summed E-state index contributed by atoms with van der Waals surface area (Å²) in [5.41, 5.74) is 2.22. The van der Waals surface area contributed by atoms with Crippen LogP contribution in [0.1, 0.15) is 41.8 Å². The SMILES string of the molecule is Cc1ccc(C(=O)OCC(=O)NC(=O)NCCC(C)C)c(C)c1. The van der Waals surface area contributed by atoms with Gasteiger partial charge in [-0.3, -0.25) is 10.1 Å². The molecule has 2 N–H and O–H groups in total. The van der Waals surface area contributed by atoms with Gasteiger partial charge in [0.25, 0.3) is 5.91 Å². The van der Waals surface area contributed by atoms with Gasteiger partial charge in [-0.2, -0.15) is 0 Å². The minimum atomic E-state index is -0.662. The summed E-state index contributed by atoms with van der Waals surface area (Å²) in [5.74, 6) is -0.785. The van der Waals surface area contributed by atoms with Crippen LogP contribution in [0, 0.1) is 19.8 Å². The molecule has 1 aromatic carbocycles. The number of carbonyl (C=O) groups excluding carboxylic acids is 3. The fourth-order valence-electron chi connectivity index (χ4n) is 1.93. The highest BCUT2D eigenvalue weighted by atomic mass is 16.5. The van der Waals surface area contributed by atoms with Crippen molar-refractivity contribution in [2.24, 2.45) is 5.92 Å². The van der Waals surface area contributed by atoms with E-state index in [9.17, 15) is 14.4 Å². The Morgan fingerprint density at radius 1 is 1.17 bits per heavy atom. The van der Waals surface area contributed by atoms with Crippen molar-refractivity contribution in [3.8, 4) is 0 Å². The largest absolute Gasteiger partial charge is 0.452 e. The van der Waals surface area contributed by atoms with Crippen LogP contribution in [0.4, 0.5) is 4.79 Å². The molecule has 0 saturated carbocycles. The van der Waals surface area contributed by atoms with Crippen molar-refractivity contribution >= 4 is 17.9 Å². The molecule has 3 amide bonds. The summed E-state index contributed by atoms with van der Waals surface area (Å²) in [6, 6.07) is 4.73. The minimum absolute atomic E-state index is 0.407. The molecule has 0 aliphatic carbocycles. The average molecular weight is 320 g/mol. The highest BCUT2D eigenvalue weighted by Crippen LogP contribution is 2.11. The van der Waals surface area contributed by atoms with Crippen molar-refractivity contribution in [3.63, 3.8) is 0 Å². The Hall–Kier alpha value is -2.37. The van der Waals surface area contributed by atoms with E-state index in [-0.39, 0.29) is 0 Å². The number of hydrogen-bond acceptors (Lipinski definition) is 4. The van der Waals surface area contributed by atoms with E-state index < -0.39 is 24.5 Å². The predicted molar refractivity (Wildman–Crippen MR) is 87.2 cm³/mol. The molecule has 126 valence electrons. The smallest absolute Gasteiger partial charge is 0.338 e. The molecule has 0 saturated heterocycles. The number of esters is 1. The number of nitrogens with one attached hydrogen (secondary N) is 2. The van der Waals surface area contributed by atoms with Crippen LogP contribution in [0.3, 0.4) is 0 Å². The third-order valence-corrected chi connectivity index (χ3v) is 3.20. The Labute approximate surface area is 136 Å². The van der Waals surface area contributed by atoms with Crippen molar-refractivity contribution in [3.05, 3.63) is 34.9 Å². The molecular weight excluding hydrogens is 296 g/mol. The summed E-state index contributed by atoms with van der Waals surface area (Å²) in [6.45, 7) is 7.79. The first-order chi connectivity index (χ1) is 10.8. The van der Waals surface area contributed by atoms with Crippen LogP contribution in [-0.4, -0.2) is 31.1 Å². The monoisotopic (exact) mass is 320 g/mol. The standard InChI is InChI=1S/C17H24N2O4/c1-11(2)7-8-18-17(22)19-15(20)10-23-16(21)14-6-5-12(3)9-13(14)4/h5-6,9,11H,7-8,10H2,1-4H3,(H2,18,19,20,22). The molecule has 1 rings (SSSR count). The molecule has 6 nitrogen and oxygen atoms in total. The highest BCUT2D eigenvalue weighted by Gasteiger charge is 2.14. The second-order valence-electron chi connectivity index (χ2n) is 5.88. The van der Waals surface area contributed by atoms with Crippen LogP contribution in [0.2, 0.25) is 0 Å². The summed E-state index contributed by atoms with van der Waals surface area (Å²) in [7, 11) is 0. The first-order valence-corrected chi connectivity index (χ1v) is 7.61. The van der Waals surface area contributed by atoms with E-state index in [0.717, 1.165) is 17.5 Å². The fourth-order valence-corrected chi connectivity index (χ4v) is 1.93. The van der Waals surface area contributed by atoms with E-state index in [0.29, 0.717) is 18.0 Å². The van der Waals surface area contributed by atoms with Gasteiger partial charge in [0.2, 0.25) is 0 Å². The molecule has 0 spiro atoms. The maximum atomic E-state index is 11.9. The molecule has 0 radical (unpaired) electrons. The Balaban J connectivity index is 2.38. The van der Waals surface area contributed by atoms with Crippen LogP contribution < -0.4 is 10.6 Å². The lowest BCUT2D eigenvalue weighted by Crippen LogP contribution is -2.42. The second kappa shape index (κ2) is 8.92. The van der Waals surface area contributed by atoms with Gasteiger partial charge in [0.05, 0.1) is 5.56 Å². The van der Waals surface area contributed by atoms with Crippen molar-refractivity contribution < 1.29 is 19.1 Å². The number of urea groups is 1. The van der Waals surface area contributed by atoms with Gasteiger partial charge in [-0.25, -0.2) is 9.59 Å². The van der Waals surface area contributed by atoms with Crippen molar-refractivity contribution in [2.75, 3.05) is 13.2 Å². The minimum Gasteiger partial charge on any atom is -0.452 e. The van der Waals surface area contributed by atoms with Gasteiger partial charge in [-0.1, -0.05) is 31.5 Å². The molecule has 0 aromatic heterocycles. The quantitative estimate of drug-likeness (QED) is 0.788. The van der Waals surface area contributed by atoms with E-state index in [1.807, 2.05) is 26.8 Å². The Morgan fingerprint density at radius 2 is 1.87 bits per heavy atom. The average Bonchev–Trinajstić information content (AvgIpc) is 2.44. The molecule has 0 aliphatic rings. The second-order valence-corrected chi connectivity index (χ2v) is 5.88. The summed E-state index contributed by atoms with van der Waals surface area (Å²) >= 11 is 0. The van der Waals surface area contributed by atoms with Crippen molar-refractivity contribution in [2.45, 2.75) is 34.1 Å². The summed E-state index contributed by atoms with van der Waals surface area (Å²) in [6.07, 6.45) is 0.823. The summed E-state index contributed by atoms with van der Waals surface area (Å²) in [4.78, 5) is 34.9. The molecule has 0 aliphatic heterocycles. The Morgan fingerprint density at radius 3 is 2.48 bits per heavy atom. The molecule has 6 heteroatoms. The molecule has 0 heterocycles. The van der Waals surface area contributed by atoms with Gasteiger partial charge in [-0.05, 0) is 37.8 Å². The summed E-state index contributed by atoms with van der Waals surface area (Å²) in [5, 5.41) is 4.69. The lowest BCUT2D eigenvalue weighted by atomic mass is 10.1. The van der Waals surface area contributed by atoms with Gasteiger partial charge < -0.3 is 10.1 Å². The highest BCUT2D eigenvalue weighted by molar-refractivity contribution is 5.97. The van der Waals surface area contributed by atoms with Crippen molar-refractivity contribution in [1.29, 1.82) is 0 Å². The lowest BCUT2D eigenvalue weighted by molar-refractivity contribution is -0.123. The number of aryl methyl sites for hydroxylation is 2. The zero-order valence-corrected chi connectivity index (χ0v) is 14.1. The van der Waals surface area contributed by atoms with Gasteiger partial charge in [0.15, 0.2) is 6.61 Å². The van der Waals surface area contributed by atoms with E-state index >= 15 is 0 Å². The van der Waals surface area contributed by atoms with Gasteiger partial charge in [-0.15, -0.1) is 0 Å². The zero-order chi connectivity index (χ0) is 17.4. The van der Waals surface area contributed by atoms with Crippen LogP contribution in [0.25, 0.3) is 0 Å². The first-order valence-electron chi connectivity index (χ1n) is 7.61. The van der Waals surface area contributed by atoms with E-state index in [4.69, 9.17) is 4.74 Å². The number of imide groups is 1. The lowest BCUT2D eigenvalue weighted by Gasteiger charge is -2.09. The maximum Gasteiger partial charge on any atom is 0.338 e. The Bertz CT molecular complexity index is 582. The molecule has 1 aromatic rings. The van der Waals surface area contributed by atoms with Crippen LogP contribution in [-0.2, 0) is 9.53 Å². The normalized spacial score (nSPS) is 10.3. The van der Waals surface area contributed by atoms with Gasteiger partial charge >= 0.3 is 12.0 Å². The maximum absolute atomic E-state index is 11.9. The third-order valence-electron chi connectivity index (χ3n) is 3.20. The Kier molecular flexibility index (Phi) is 7.25. The molecule has 0 bridgehead atoms. The molecular formula is C17H24N2O4. The van der Waals surface area contributed by atoms with Crippen LogP contribution >= 0.6 is 0 Å². The molecule has 0 fully saturated rings. The number of carbonyl (C=O) groups is 3. The van der Waals surface area contributed by atoms with Crippen LogP contribution in [0.5, 0.6) is 0 Å². The van der Waals surface area contributed by atoms with E-state index in [2.05, 4.69) is 10.6 Å². The molecule has 23 heavy (non-hydrogen) atoms. The third kappa shape index (κ3) is 6.95. The van der Waals surface area contributed by atoms with E-state index in [1.165, 1.54) is 0 Å². The van der Waals surface area contributed by atoms with Gasteiger partial charge in [0.1, 0.15) is 0 Å². The molecule has 0 atom stereocenters. The van der Waals surface area contributed by atoms with Gasteiger partial charge in [0, 0.05) is 6.54 Å². The van der Waals surface area contributed by atoms with Crippen LogP contribution in [0.15, 0.2) is 18.2 Å². The number of ether oxygens (including phenoxy) is 1. The summed E-state index contributed by atoms with van der Waals surface area (Å²) < 4.78 is 4.92. The first kappa shape index (κ1) is 18.7. The van der Waals surface area contributed by atoms with E-state index in [1.54, 1.807) is 19.1 Å². The zero-order valence-electron chi connectivity index (χ0n) is 14.1. The predicted octanol–water partition coefficient (Wildman–Crippen LogP) is 2.33.